The first kappa shape index (κ1) is 19.6. The monoisotopic (exact) mass is 374 g/mol. The van der Waals surface area contributed by atoms with Crippen LogP contribution in [0.15, 0.2) is 42.5 Å². The third-order valence-corrected chi connectivity index (χ3v) is 3.36. The van der Waals surface area contributed by atoms with E-state index < -0.39 is 24.5 Å². The summed E-state index contributed by atoms with van der Waals surface area (Å²) in [6, 6.07) is 9.67. The predicted molar refractivity (Wildman–Crippen MR) is 95.1 cm³/mol. The molecule has 2 aromatic rings. The number of nitrogens with one attached hydrogen (secondary N) is 2. The van der Waals surface area contributed by atoms with Crippen molar-refractivity contribution in [3.05, 3.63) is 48.0 Å². The van der Waals surface area contributed by atoms with Gasteiger partial charge in [-0.05, 0) is 36.4 Å². The van der Waals surface area contributed by atoms with Crippen LogP contribution in [0.4, 0.5) is 10.5 Å². The lowest BCUT2D eigenvalue weighted by Gasteiger charge is -2.09. The molecule has 0 atom stereocenters. The second-order valence-corrected chi connectivity index (χ2v) is 5.19. The van der Waals surface area contributed by atoms with E-state index >= 15 is 0 Å². The number of phenolic OH excluding ortho intramolecular Hbond substituents is 1. The molecular weight excluding hydrogens is 356 g/mol. The normalized spacial score (nSPS) is 9.85. The van der Waals surface area contributed by atoms with Crippen LogP contribution in [0.25, 0.3) is 0 Å². The van der Waals surface area contributed by atoms with E-state index in [1.165, 1.54) is 32.4 Å². The fourth-order valence-corrected chi connectivity index (χ4v) is 2.02. The molecule has 9 heteroatoms. The molecule has 0 heterocycles. The highest BCUT2D eigenvalue weighted by atomic mass is 16.5. The maximum Gasteiger partial charge on any atom is 0.342 e. The minimum absolute atomic E-state index is 0.133. The quantitative estimate of drug-likeness (QED) is 0.660. The van der Waals surface area contributed by atoms with Gasteiger partial charge in [-0.15, -0.1) is 0 Å². The molecule has 0 aliphatic heterocycles. The topological polar surface area (TPSA) is 123 Å². The van der Waals surface area contributed by atoms with E-state index in [1.807, 2.05) is 5.32 Å². The Kier molecular flexibility index (Phi) is 6.59. The van der Waals surface area contributed by atoms with Crippen LogP contribution in [0.5, 0.6) is 17.2 Å². The van der Waals surface area contributed by atoms with Crippen LogP contribution >= 0.6 is 0 Å². The maximum absolute atomic E-state index is 11.9. The van der Waals surface area contributed by atoms with Crippen molar-refractivity contribution in [1.82, 2.24) is 5.32 Å². The van der Waals surface area contributed by atoms with Crippen molar-refractivity contribution >= 4 is 23.6 Å². The van der Waals surface area contributed by atoms with Gasteiger partial charge in [-0.2, -0.15) is 0 Å². The molecule has 2 aromatic carbocycles. The minimum atomic E-state index is -0.916. The van der Waals surface area contributed by atoms with Crippen LogP contribution in [0, 0.1) is 0 Å². The van der Waals surface area contributed by atoms with Crippen LogP contribution in [-0.2, 0) is 9.53 Å². The molecule has 0 radical (unpaired) electrons. The fraction of sp³-hybridized carbons (Fsp3) is 0.167. The Morgan fingerprint density at radius 3 is 2.19 bits per heavy atom. The average Bonchev–Trinajstić information content (AvgIpc) is 2.66. The summed E-state index contributed by atoms with van der Waals surface area (Å²) in [6.07, 6.45) is 0. The largest absolute Gasteiger partial charge is 0.507 e. The number of imide groups is 1. The number of benzene rings is 2. The van der Waals surface area contributed by atoms with Gasteiger partial charge < -0.3 is 24.6 Å². The van der Waals surface area contributed by atoms with E-state index in [2.05, 4.69) is 5.32 Å². The van der Waals surface area contributed by atoms with Crippen LogP contribution in [0.2, 0.25) is 0 Å². The Morgan fingerprint density at radius 1 is 0.963 bits per heavy atom. The van der Waals surface area contributed by atoms with Crippen molar-refractivity contribution < 1.29 is 33.7 Å². The van der Waals surface area contributed by atoms with Gasteiger partial charge in [0.25, 0.3) is 5.91 Å². The lowest BCUT2D eigenvalue weighted by atomic mass is 10.2. The van der Waals surface area contributed by atoms with Gasteiger partial charge in [-0.25, -0.2) is 9.59 Å². The number of ether oxygens (including phenoxy) is 3. The highest BCUT2D eigenvalue weighted by Gasteiger charge is 2.16. The van der Waals surface area contributed by atoms with Crippen molar-refractivity contribution in [2.24, 2.45) is 0 Å². The summed E-state index contributed by atoms with van der Waals surface area (Å²) in [6.45, 7) is -0.694. The number of rotatable bonds is 6. The van der Waals surface area contributed by atoms with Gasteiger partial charge >= 0.3 is 12.0 Å². The molecular formula is C18H18N2O7. The number of aromatic hydroxyl groups is 1. The Morgan fingerprint density at radius 2 is 1.59 bits per heavy atom. The summed E-state index contributed by atoms with van der Waals surface area (Å²) in [4.78, 5) is 35.4. The predicted octanol–water partition coefficient (Wildman–Crippen LogP) is 1.91. The highest BCUT2D eigenvalue weighted by Crippen LogP contribution is 2.23. The summed E-state index contributed by atoms with van der Waals surface area (Å²) in [5, 5.41) is 14.2. The number of carbonyl (C=O) groups is 3. The molecule has 0 fully saturated rings. The molecule has 0 unspecified atom stereocenters. The number of urea groups is 1. The smallest absolute Gasteiger partial charge is 0.342 e. The molecule has 0 aromatic heterocycles. The molecule has 2 rings (SSSR count). The van der Waals surface area contributed by atoms with Gasteiger partial charge in [0.1, 0.15) is 22.8 Å². The number of hydrogen-bond acceptors (Lipinski definition) is 7. The Bertz CT molecular complexity index is 834. The molecule has 9 nitrogen and oxygen atoms in total. The molecule has 3 N–H and O–H groups in total. The summed E-state index contributed by atoms with van der Waals surface area (Å²) >= 11 is 0. The van der Waals surface area contributed by atoms with E-state index in [0.29, 0.717) is 17.2 Å². The summed E-state index contributed by atoms with van der Waals surface area (Å²) < 4.78 is 14.7. The first-order valence-electron chi connectivity index (χ1n) is 7.72. The summed E-state index contributed by atoms with van der Waals surface area (Å²) in [7, 11) is 2.93. The molecule has 27 heavy (non-hydrogen) atoms. The van der Waals surface area contributed by atoms with Gasteiger partial charge in [-0.1, -0.05) is 0 Å². The van der Waals surface area contributed by atoms with Crippen LogP contribution < -0.4 is 20.1 Å². The highest BCUT2D eigenvalue weighted by molar-refractivity contribution is 6.02. The lowest BCUT2D eigenvalue weighted by Crippen LogP contribution is -2.37. The minimum Gasteiger partial charge on any atom is -0.507 e. The molecule has 3 amide bonds. The van der Waals surface area contributed by atoms with Gasteiger partial charge in [0.05, 0.1) is 14.2 Å². The fourth-order valence-electron chi connectivity index (χ4n) is 2.02. The second kappa shape index (κ2) is 9.09. The van der Waals surface area contributed by atoms with Gasteiger partial charge in [0.15, 0.2) is 6.61 Å². The molecule has 142 valence electrons. The Labute approximate surface area is 154 Å². The average molecular weight is 374 g/mol. The molecule has 0 saturated carbocycles. The van der Waals surface area contributed by atoms with Crippen LogP contribution in [0.1, 0.15) is 10.4 Å². The van der Waals surface area contributed by atoms with E-state index in [-0.39, 0.29) is 11.3 Å². The number of methoxy groups -OCH3 is 2. The van der Waals surface area contributed by atoms with Crippen molar-refractivity contribution in [2.75, 3.05) is 26.1 Å². The molecule has 0 spiro atoms. The lowest BCUT2D eigenvalue weighted by molar-refractivity contribution is -0.123. The van der Waals surface area contributed by atoms with Crippen molar-refractivity contribution in [3.63, 3.8) is 0 Å². The van der Waals surface area contributed by atoms with E-state index in [4.69, 9.17) is 14.2 Å². The molecule has 0 aliphatic rings. The third kappa shape index (κ3) is 5.63. The zero-order chi connectivity index (χ0) is 19.8. The van der Waals surface area contributed by atoms with E-state index in [1.54, 1.807) is 24.3 Å². The molecule has 0 aliphatic carbocycles. The Hall–Kier alpha value is -3.75. The summed E-state index contributed by atoms with van der Waals surface area (Å²) in [5.74, 6) is -1.12. The first-order chi connectivity index (χ1) is 12.9. The van der Waals surface area contributed by atoms with Crippen LogP contribution in [0.3, 0.4) is 0 Å². The maximum atomic E-state index is 11.9. The van der Waals surface area contributed by atoms with Gasteiger partial charge in [0.2, 0.25) is 0 Å². The second-order valence-electron chi connectivity index (χ2n) is 5.19. The molecule has 0 bridgehead atoms. The Balaban J connectivity index is 1.82. The first-order valence-corrected chi connectivity index (χ1v) is 7.72. The molecule has 0 saturated heterocycles. The number of carbonyl (C=O) groups excluding carboxylic acids is 3. The zero-order valence-electron chi connectivity index (χ0n) is 14.6. The van der Waals surface area contributed by atoms with E-state index in [9.17, 15) is 19.5 Å². The number of esters is 1. The number of phenols is 1. The zero-order valence-corrected chi connectivity index (χ0v) is 14.6. The van der Waals surface area contributed by atoms with E-state index in [0.717, 1.165) is 0 Å². The van der Waals surface area contributed by atoms with Crippen molar-refractivity contribution in [1.29, 1.82) is 0 Å². The number of hydrogen-bond donors (Lipinski definition) is 3. The van der Waals surface area contributed by atoms with Crippen LogP contribution in [-0.4, -0.2) is 43.8 Å². The number of anilines is 1. The standard InChI is InChI=1S/C18H18N2O7/c1-25-12-5-3-11(4-6-12)19-18(24)20-16(22)10-27-17(23)14-8-7-13(26-2)9-15(14)21/h3-9,21H,10H2,1-2H3,(H2,19,20,22,24). The van der Waals surface area contributed by atoms with Gasteiger partial charge in [0, 0.05) is 11.8 Å². The summed E-state index contributed by atoms with van der Waals surface area (Å²) in [5.41, 5.74) is 0.313. The number of amides is 3. The third-order valence-electron chi connectivity index (χ3n) is 3.36. The SMILES string of the molecule is COc1ccc(NC(=O)NC(=O)COC(=O)c2ccc(OC)cc2O)cc1. The van der Waals surface area contributed by atoms with Crippen molar-refractivity contribution in [2.45, 2.75) is 0 Å². The van der Waals surface area contributed by atoms with Crippen molar-refractivity contribution in [3.8, 4) is 17.2 Å². The van der Waals surface area contributed by atoms with Gasteiger partial charge in [-0.3, -0.25) is 10.1 Å².